The summed E-state index contributed by atoms with van der Waals surface area (Å²) in [6.45, 7) is 6.12. The molecule has 1 aromatic heterocycles. The van der Waals surface area contributed by atoms with Gasteiger partial charge in [-0.3, -0.25) is 14.4 Å². The quantitative estimate of drug-likeness (QED) is 0.368. The molecule has 1 N–H and O–H groups in total. The Labute approximate surface area is 238 Å². The van der Waals surface area contributed by atoms with Gasteiger partial charge in [0, 0.05) is 70.2 Å². The molecule has 0 spiro atoms. The first kappa shape index (κ1) is 29.6. The Morgan fingerprint density at radius 2 is 1.73 bits per heavy atom. The highest BCUT2D eigenvalue weighted by atomic mass is 16.5. The second-order valence-electron chi connectivity index (χ2n) is 11.7. The number of ether oxygens (including phenoxy) is 1. The molecule has 0 bridgehead atoms. The van der Waals surface area contributed by atoms with Crippen LogP contribution in [0.2, 0.25) is 0 Å². The number of rotatable bonds is 9. The third-order valence-corrected chi connectivity index (χ3v) is 8.02. The molecule has 0 radical (unpaired) electrons. The summed E-state index contributed by atoms with van der Waals surface area (Å²) in [4.78, 5) is 32.3. The molecule has 218 valence electrons. The maximum Gasteiger partial charge on any atom is 0.331 e. The number of aliphatic hydroxyl groups is 1. The smallest absolute Gasteiger partial charge is 0.331 e. The molecular weight excluding hydrogens is 506 g/mol. The van der Waals surface area contributed by atoms with Crippen LogP contribution in [-0.2, 0) is 21.4 Å². The average Bonchev–Trinajstić information content (AvgIpc) is 3.30. The topological polar surface area (TPSA) is 91.1 Å². The number of esters is 1. The molecule has 2 aliphatic rings. The molecule has 1 aromatic carbocycles. The first-order valence-corrected chi connectivity index (χ1v) is 14.5. The zero-order chi connectivity index (χ0) is 28.8. The zero-order valence-electron chi connectivity index (χ0n) is 24.6. The summed E-state index contributed by atoms with van der Waals surface area (Å²) in [5, 5.41) is 14.7. The van der Waals surface area contributed by atoms with Crippen LogP contribution in [0.1, 0.15) is 58.1 Å². The Hall–Kier alpha value is -3.33. The molecule has 9 heteroatoms. The number of anilines is 3. The summed E-state index contributed by atoms with van der Waals surface area (Å²) in [6, 6.07) is 10.5. The summed E-state index contributed by atoms with van der Waals surface area (Å²) in [5.74, 6) is 0.534. The molecule has 2 fully saturated rings. The van der Waals surface area contributed by atoms with Gasteiger partial charge in [-0.15, -0.1) is 0 Å². The Morgan fingerprint density at radius 3 is 2.33 bits per heavy atom. The van der Waals surface area contributed by atoms with Gasteiger partial charge in [-0.05, 0) is 88.6 Å². The van der Waals surface area contributed by atoms with Crippen molar-refractivity contribution in [2.75, 3.05) is 48.4 Å². The van der Waals surface area contributed by atoms with Gasteiger partial charge in [-0.1, -0.05) is 0 Å². The van der Waals surface area contributed by atoms with Gasteiger partial charge >= 0.3 is 5.97 Å². The number of carbonyl (C=O) groups excluding carboxylic acids is 2. The number of carbonyl (C=O) groups is 2. The van der Waals surface area contributed by atoms with Crippen LogP contribution in [-0.4, -0.2) is 72.7 Å². The molecule has 40 heavy (non-hydrogen) atoms. The lowest BCUT2D eigenvalue weighted by Crippen LogP contribution is -2.44. The van der Waals surface area contributed by atoms with Gasteiger partial charge in [-0.2, -0.15) is 5.10 Å². The standard InChI is InChI=1S/C31H45N5O4/c1-22(2)40-30(38)15-12-27-20-29(32-34(27)5)36(31(39)24-6-13-28(37)14-7-24)21-23-16-18-35(19-17-23)26-10-8-25(9-11-26)33(3)4/h8-12,15,20,22-24,28,37H,6-7,13-14,16-19,21H2,1-5H3/b15-12+. The number of hydrogen-bond donors (Lipinski definition) is 1. The number of aliphatic hydroxyl groups excluding tert-OH is 1. The highest BCUT2D eigenvalue weighted by Crippen LogP contribution is 2.31. The van der Waals surface area contributed by atoms with Crippen LogP contribution in [0.3, 0.4) is 0 Å². The van der Waals surface area contributed by atoms with Crippen molar-refractivity contribution in [1.82, 2.24) is 9.78 Å². The minimum Gasteiger partial charge on any atom is -0.460 e. The number of amides is 1. The number of aromatic nitrogens is 2. The average molecular weight is 552 g/mol. The summed E-state index contributed by atoms with van der Waals surface area (Å²) in [6.07, 6.45) is 7.25. The maximum absolute atomic E-state index is 13.8. The van der Waals surface area contributed by atoms with E-state index in [0.717, 1.165) is 31.6 Å². The van der Waals surface area contributed by atoms with Gasteiger partial charge in [0.25, 0.3) is 0 Å². The number of hydrogen-bond acceptors (Lipinski definition) is 7. The zero-order valence-corrected chi connectivity index (χ0v) is 24.6. The molecule has 2 heterocycles. The van der Waals surface area contributed by atoms with E-state index in [2.05, 4.69) is 39.2 Å². The highest BCUT2D eigenvalue weighted by Gasteiger charge is 2.33. The van der Waals surface area contributed by atoms with Crippen LogP contribution in [0, 0.1) is 11.8 Å². The SMILES string of the molecule is CC(C)OC(=O)/C=C/c1cc(N(CC2CCN(c3ccc(N(C)C)cc3)CC2)C(=O)C2CCC(O)CC2)nn1C. The van der Waals surface area contributed by atoms with Gasteiger partial charge in [0.2, 0.25) is 5.91 Å². The lowest BCUT2D eigenvalue weighted by molar-refractivity contribution is -0.141. The molecule has 1 aliphatic heterocycles. The molecular formula is C31H45N5O4. The van der Waals surface area contributed by atoms with E-state index in [1.54, 1.807) is 10.8 Å². The number of aryl methyl sites for hydroxylation is 1. The Kier molecular flexibility index (Phi) is 9.90. The van der Waals surface area contributed by atoms with Crippen molar-refractivity contribution < 1.29 is 19.4 Å². The predicted molar refractivity (Wildman–Crippen MR) is 159 cm³/mol. The van der Waals surface area contributed by atoms with Gasteiger partial charge < -0.3 is 19.6 Å². The summed E-state index contributed by atoms with van der Waals surface area (Å²) < 4.78 is 6.90. The largest absolute Gasteiger partial charge is 0.460 e. The van der Waals surface area contributed by atoms with Crippen LogP contribution in [0.15, 0.2) is 36.4 Å². The second kappa shape index (κ2) is 13.4. The number of nitrogens with zero attached hydrogens (tertiary/aromatic N) is 5. The van der Waals surface area contributed by atoms with Crippen LogP contribution in [0.25, 0.3) is 6.08 Å². The monoisotopic (exact) mass is 551 g/mol. The third kappa shape index (κ3) is 7.65. The van der Waals surface area contributed by atoms with Crippen molar-refractivity contribution >= 4 is 35.1 Å². The number of piperidine rings is 1. The predicted octanol–water partition coefficient (Wildman–Crippen LogP) is 4.25. The Balaban J connectivity index is 1.47. The Bertz CT molecular complexity index is 1160. The second-order valence-corrected chi connectivity index (χ2v) is 11.7. The fourth-order valence-electron chi connectivity index (χ4n) is 5.61. The van der Waals surface area contributed by atoms with Crippen molar-refractivity contribution in [3.05, 3.63) is 42.1 Å². The van der Waals surface area contributed by atoms with E-state index in [0.29, 0.717) is 44.0 Å². The van der Waals surface area contributed by atoms with Crippen molar-refractivity contribution in [2.45, 2.75) is 64.6 Å². The van der Waals surface area contributed by atoms with Gasteiger partial charge in [-0.25, -0.2) is 4.79 Å². The third-order valence-electron chi connectivity index (χ3n) is 8.02. The molecule has 4 rings (SSSR count). The first-order chi connectivity index (χ1) is 19.1. The van der Waals surface area contributed by atoms with Crippen LogP contribution in [0.4, 0.5) is 17.2 Å². The van der Waals surface area contributed by atoms with E-state index >= 15 is 0 Å². The molecule has 1 aliphatic carbocycles. The molecule has 1 amide bonds. The first-order valence-electron chi connectivity index (χ1n) is 14.5. The van der Waals surface area contributed by atoms with E-state index in [-0.39, 0.29) is 24.0 Å². The van der Waals surface area contributed by atoms with E-state index in [1.165, 1.54) is 17.5 Å². The normalized spacial score (nSPS) is 20.2. The van der Waals surface area contributed by atoms with Crippen molar-refractivity contribution in [1.29, 1.82) is 0 Å². The molecule has 0 atom stereocenters. The van der Waals surface area contributed by atoms with E-state index < -0.39 is 5.97 Å². The Morgan fingerprint density at radius 1 is 1.07 bits per heavy atom. The summed E-state index contributed by atoms with van der Waals surface area (Å²) >= 11 is 0. The van der Waals surface area contributed by atoms with E-state index in [9.17, 15) is 14.7 Å². The molecule has 9 nitrogen and oxygen atoms in total. The summed E-state index contributed by atoms with van der Waals surface area (Å²) in [5.41, 5.74) is 3.14. The van der Waals surface area contributed by atoms with E-state index in [1.807, 2.05) is 46.0 Å². The minimum absolute atomic E-state index is 0.0847. The van der Waals surface area contributed by atoms with Gasteiger partial charge in [0.15, 0.2) is 5.82 Å². The van der Waals surface area contributed by atoms with Gasteiger partial charge in [0.1, 0.15) is 0 Å². The molecule has 1 saturated heterocycles. The van der Waals surface area contributed by atoms with Crippen LogP contribution < -0.4 is 14.7 Å². The van der Waals surface area contributed by atoms with Crippen molar-refractivity contribution in [3.8, 4) is 0 Å². The molecule has 1 saturated carbocycles. The molecule has 0 unspecified atom stereocenters. The van der Waals surface area contributed by atoms with Crippen LogP contribution >= 0.6 is 0 Å². The fraction of sp³-hybridized carbons (Fsp3) is 0.581. The van der Waals surface area contributed by atoms with Crippen LogP contribution in [0.5, 0.6) is 0 Å². The minimum atomic E-state index is -0.408. The lowest BCUT2D eigenvalue weighted by Gasteiger charge is -2.37. The number of benzene rings is 1. The van der Waals surface area contributed by atoms with Gasteiger partial charge in [0.05, 0.1) is 17.9 Å². The lowest BCUT2D eigenvalue weighted by atomic mass is 9.86. The molecule has 2 aromatic rings. The van der Waals surface area contributed by atoms with E-state index in [4.69, 9.17) is 4.74 Å². The highest BCUT2D eigenvalue weighted by molar-refractivity contribution is 5.94. The summed E-state index contributed by atoms with van der Waals surface area (Å²) in [7, 11) is 5.91. The fourth-order valence-corrected chi connectivity index (χ4v) is 5.61. The maximum atomic E-state index is 13.8. The van der Waals surface area contributed by atoms with Crippen molar-refractivity contribution in [2.24, 2.45) is 18.9 Å². The van der Waals surface area contributed by atoms with Crippen molar-refractivity contribution in [3.63, 3.8) is 0 Å².